The van der Waals surface area contributed by atoms with Crippen LogP contribution in [0.5, 0.6) is 0 Å². The van der Waals surface area contributed by atoms with Gasteiger partial charge in [0, 0.05) is 16.4 Å². The molecule has 0 bridgehead atoms. The number of hydrogen-bond donors (Lipinski definition) is 3. The standard InChI is InChI=1S/C21H16Cl2FN3O2/c22-13-5-8-15(9-6-13)26-21(29)16-3-1-2-4-18(16)25-12-20(28)27-19-10-7-14(24)11-17(19)23/h1-11,25H,12H2,(H,26,29)(H,27,28). The lowest BCUT2D eigenvalue weighted by molar-refractivity contribution is -0.114. The van der Waals surface area contributed by atoms with E-state index in [1.165, 1.54) is 12.1 Å². The first-order valence-electron chi connectivity index (χ1n) is 8.57. The van der Waals surface area contributed by atoms with Crippen molar-refractivity contribution in [1.29, 1.82) is 0 Å². The molecule has 3 N–H and O–H groups in total. The molecule has 0 atom stereocenters. The maximum Gasteiger partial charge on any atom is 0.257 e. The van der Waals surface area contributed by atoms with Crippen LogP contribution in [0, 0.1) is 5.82 Å². The van der Waals surface area contributed by atoms with Gasteiger partial charge in [-0.15, -0.1) is 0 Å². The zero-order valence-corrected chi connectivity index (χ0v) is 16.5. The Balaban J connectivity index is 1.64. The molecular formula is C21H16Cl2FN3O2. The van der Waals surface area contributed by atoms with Crippen molar-refractivity contribution in [3.63, 3.8) is 0 Å². The minimum atomic E-state index is -0.494. The van der Waals surface area contributed by atoms with Crippen molar-refractivity contribution in [2.75, 3.05) is 22.5 Å². The van der Waals surface area contributed by atoms with Gasteiger partial charge in [0.2, 0.25) is 5.91 Å². The van der Waals surface area contributed by atoms with Crippen molar-refractivity contribution in [2.45, 2.75) is 0 Å². The van der Waals surface area contributed by atoms with Crippen LogP contribution in [-0.4, -0.2) is 18.4 Å². The van der Waals surface area contributed by atoms with Gasteiger partial charge < -0.3 is 16.0 Å². The molecule has 3 aromatic rings. The minimum absolute atomic E-state index is 0.0982. The predicted molar refractivity (Wildman–Crippen MR) is 114 cm³/mol. The van der Waals surface area contributed by atoms with Gasteiger partial charge in [-0.25, -0.2) is 4.39 Å². The molecule has 0 aliphatic carbocycles. The highest BCUT2D eigenvalue weighted by atomic mass is 35.5. The topological polar surface area (TPSA) is 70.2 Å². The molecule has 0 spiro atoms. The third kappa shape index (κ3) is 5.70. The summed E-state index contributed by atoms with van der Waals surface area (Å²) in [4.78, 5) is 24.8. The van der Waals surface area contributed by atoms with Gasteiger partial charge in [0.15, 0.2) is 0 Å². The summed E-state index contributed by atoms with van der Waals surface area (Å²) in [6, 6.07) is 17.2. The fraction of sp³-hybridized carbons (Fsp3) is 0.0476. The van der Waals surface area contributed by atoms with Crippen LogP contribution in [0.15, 0.2) is 66.7 Å². The van der Waals surface area contributed by atoms with Crippen molar-refractivity contribution < 1.29 is 14.0 Å². The van der Waals surface area contributed by atoms with Crippen molar-refractivity contribution in [1.82, 2.24) is 0 Å². The van der Waals surface area contributed by atoms with E-state index in [4.69, 9.17) is 23.2 Å². The van der Waals surface area contributed by atoms with Crippen LogP contribution in [-0.2, 0) is 4.79 Å². The molecule has 29 heavy (non-hydrogen) atoms. The van der Waals surface area contributed by atoms with Crippen LogP contribution in [0.1, 0.15) is 10.4 Å². The summed E-state index contributed by atoms with van der Waals surface area (Å²) in [5, 5.41) is 8.96. The largest absolute Gasteiger partial charge is 0.376 e. The summed E-state index contributed by atoms with van der Waals surface area (Å²) in [7, 11) is 0. The van der Waals surface area contributed by atoms with Gasteiger partial charge in [-0.3, -0.25) is 9.59 Å². The van der Waals surface area contributed by atoms with Gasteiger partial charge in [0.25, 0.3) is 5.91 Å². The molecule has 5 nitrogen and oxygen atoms in total. The van der Waals surface area contributed by atoms with Gasteiger partial charge in [0.1, 0.15) is 5.82 Å². The SMILES string of the molecule is O=C(CNc1ccccc1C(=O)Nc1ccc(Cl)cc1)Nc1ccc(F)cc1Cl. The summed E-state index contributed by atoms with van der Waals surface area (Å²) in [6.45, 7) is -0.112. The van der Waals surface area contributed by atoms with Crippen LogP contribution >= 0.6 is 23.2 Å². The second-order valence-corrected chi connectivity index (χ2v) is 6.88. The molecule has 0 saturated heterocycles. The summed E-state index contributed by atoms with van der Waals surface area (Å²) in [5.74, 6) is -1.23. The second kappa shape index (κ2) is 9.41. The normalized spacial score (nSPS) is 10.3. The van der Waals surface area contributed by atoms with Gasteiger partial charge >= 0.3 is 0 Å². The summed E-state index contributed by atoms with van der Waals surface area (Å²) < 4.78 is 13.1. The summed E-state index contributed by atoms with van der Waals surface area (Å²) >= 11 is 11.8. The molecule has 0 heterocycles. The van der Waals surface area contributed by atoms with E-state index in [-0.39, 0.29) is 17.5 Å². The Labute approximate surface area is 176 Å². The highest BCUT2D eigenvalue weighted by molar-refractivity contribution is 6.33. The van der Waals surface area contributed by atoms with E-state index < -0.39 is 11.7 Å². The Morgan fingerprint density at radius 1 is 0.862 bits per heavy atom. The molecule has 0 unspecified atom stereocenters. The van der Waals surface area contributed by atoms with Crippen LogP contribution in [0.25, 0.3) is 0 Å². The number of para-hydroxylation sites is 1. The quantitative estimate of drug-likeness (QED) is 0.486. The van der Waals surface area contributed by atoms with E-state index in [1.807, 2.05) is 0 Å². The Bertz CT molecular complexity index is 1040. The van der Waals surface area contributed by atoms with E-state index in [9.17, 15) is 14.0 Å². The number of nitrogens with one attached hydrogen (secondary N) is 3. The Morgan fingerprint density at radius 3 is 2.31 bits per heavy atom. The van der Waals surface area contributed by atoms with Crippen LogP contribution in [0.2, 0.25) is 10.0 Å². The maximum atomic E-state index is 13.1. The average Bonchev–Trinajstić information content (AvgIpc) is 2.70. The molecule has 0 aliphatic rings. The lowest BCUT2D eigenvalue weighted by Crippen LogP contribution is -2.23. The van der Waals surface area contributed by atoms with Gasteiger partial charge in [-0.2, -0.15) is 0 Å². The average molecular weight is 432 g/mol. The van der Waals surface area contributed by atoms with E-state index >= 15 is 0 Å². The van der Waals surface area contributed by atoms with Crippen molar-refractivity contribution in [3.8, 4) is 0 Å². The summed E-state index contributed by atoms with van der Waals surface area (Å²) in [6.07, 6.45) is 0. The van der Waals surface area contributed by atoms with Gasteiger partial charge in [-0.1, -0.05) is 35.3 Å². The molecule has 2 amide bonds. The first-order valence-corrected chi connectivity index (χ1v) is 9.32. The number of amides is 2. The second-order valence-electron chi connectivity index (χ2n) is 6.03. The Morgan fingerprint density at radius 2 is 1.59 bits per heavy atom. The van der Waals surface area contributed by atoms with Crippen molar-refractivity contribution >= 4 is 52.1 Å². The molecule has 148 valence electrons. The Kier molecular flexibility index (Phi) is 6.69. The minimum Gasteiger partial charge on any atom is -0.376 e. The lowest BCUT2D eigenvalue weighted by atomic mass is 10.1. The zero-order chi connectivity index (χ0) is 20.8. The molecule has 0 radical (unpaired) electrons. The first-order chi connectivity index (χ1) is 13.9. The number of anilines is 3. The smallest absolute Gasteiger partial charge is 0.257 e. The molecular weight excluding hydrogens is 416 g/mol. The molecule has 0 aromatic heterocycles. The third-order valence-electron chi connectivity index (χ3n) is 3.92. The highest BCUT2D eigenvalue weighted by Crippen LogP contribution is 2.23. The highest BCUT2D eigenvalue weighted by Gasteiger charge is 2.13. The fourth-order valence-electron chi connectivity index (χ4n) is 2.53. The monoisotopic (exact) mass is 431 g/mol. The Hall–Kier alpha value is -3.09. The molecule has 3 rings (SSSR count). The number of benzene rings is 3. The van der Waals surface area contributed by atoms with Crippen LogP contribution < -0.4 is 16.0 Å². The van der Waals surface area contributed by atoms with Gasteiger partial charge in [-0.05, 0) is 54.6 Å². The number of carbonyl (C=O) groups is 2. The maximum absolute atomic E-state index is 13.1. The first kappa shape index (κ1) is 20.6. The van der Waals surface area contributed by atoms with Gasteiger partial charge in [0.05, 0.1) is 22.8 Å². The fourth-order valence-corrected chi connectivity index (χ4v) is 2.87. The third-order valence-corrected chi connectivity index (χ3v) is 4.48. The summed E-state index contributed by atoms with van der Waals surface area (Å²) in [5.41, 5.74) is 1.75. The lowest BCUT2D eigenvalue weighted by Gasteiger charge is -2.13. The van der Waals surface area contributed by atoms with E-state index in [0.29, 0.717) is 27.6 Å². The molecule has 0 aliphatic heterocycles. The number of hydrogen-bond acceptors (Lipinski definition) is 3. The molecule has 3 aromatic carbocycles. The number of halogens is 3. The van der Waals surface area contributed by atoms with Crippen LogP contribution in [0.4, 0.5) is 21.5 Å². The van der Waals surface area contributed by atoms with E-state index in [0.717, 1.165) is 6.07 Å². The zero-order valence-electron chi connectivity index (χ0n) is 15.0. The predicted octanol–water partition coefficient (Wildman–Crippen LogP) is 5.44. The van der Waals surface area contributed by atoms with E-state index in [1.54, 1.807) is 48.5 Å². The van der Waals surface area contributed by atoms with Crippen molar-refractivity contribution in [2.24, 2.45) is 0 Å². The van der Waals surface area contributed by atoms with Crippen LogP contribution in [0.3, 0.4) is 0 Å². The molecule has 0 saturated carbocycles. The molecule has 0 fully saturated rings. The number of carbonyl (C=O) groups excluding carboxylic acids is 2. The molecule has 8 heteroatoms. The van der Waals surface area contributed by atoms with E-state index in [2.05, 4.69) is 16.0 Å². The number of rotatable bonds is 6. The van der Waals surface area contributed by atoms with Crippen molar-refractivity contribution in [3.05, 3.63) is 88.2 Å².